The Hall–Kier alpha value is -1.24. The summed E-state index contributed by atoms with van der Waals surface area (Å²) in [7, 11) is 0. The summed E-state index contributed by atoms with van der Waals surface area (Å²) in [5.41, 5.74) is 0. The molecular weight excluding hydrogens is 248 g/mol. The third-order valence-corrected chi connectivity index (χ3v) is 3.17. The van der Waals surface area contributed by atoms with Crippen LogP contribution in [0.25, 0.3) is 0 Å². The number of hydrogen-bond acceptors (Lipinski definition) is 3. The van der Waals surface area contributed by atoms with Crippen LogP contribution in [0.15, 0.2) is 0 Å². The van der Waals surface area contributed by atoms with E-state index in [1.165, 1.54) is 0 Å². The van der Waals surface area contributed by atoms with E-state index in [-0.39, 0.29) is 19.6 Å². The van der Waals surface area contributed by atoms with E-state index in [9.17, 15) is 18.4 Å². The number of aliphatic carboxylic acids is 1. The van der Waals surface area contributed by atoms with E-state index in [2.05, 4.69) is 0 Å². The molecule has 2 N–H and O–H groups in total. The van der Waals surface area contributed by atoms with Gasteiger partial charge in [-0.3, -0.25) is 9.59 Å². The minimum absolute atomic E-state index is 0.141. The van der Waals surface area contributed by atoms with Crippen LogP contribution in [0.2, 0.25) is 0 Å². The van der Waals surface area contributed by atoms with Crippen molar-refractivity contribution in [3.63, 3.8) is 0 Å². The molecule has 0 unspecified atom stereocenters. The minimum atomic E-state index is -2.66. The van der Waals surface area contributed by atoms with Crippen molar-refractivity contribution in [1.29, 1.82) is 0 Å². The maximum absolute atomic E-state index is 12.3. The molecule has 1 aliphatic rings. The SMILES string of the molecule is O=C(O)[C@H]1CC[C@@H](C(=O)N(CCO)CC(F)F)C1. The van der Waals surface area contributed by atoms with Gasteiger partial charge in [0.1, 0.15) is 0 Å². The molecule has 2 atom stereocenters. The topological polar surface area (TPSA) is 77.8 Å². The molecule has 0 aromatic rings. The predicted molar refractivity (Wildman–Crippen MR) is 58.1 cm³/mol. The normalized spacial score (nSPS) is 23.3. The van der Waals surface area contributed by atoms with Crippen molar-refractivity contribution >= 4 is 11.9 Å². The summed E-state index contributed by atoms with van der Waals surface area (Å²) in [5, 5.41) is 17.6. The van der Waals surface area contributed by atoms with Crippen LogP contribution in [0, 0.1) is 11.8 Å². The fourth-order valence-electron chi connectivity index (χ4n) is 2.27. The summed E-state index contributed by atoms with van der Waals surface area (Å²) >= 11 is 0. The summed E-state index contributed by atoms with van der Waals surface area (Å²) in [6.07, 6.45) is -1.66. The number of alkyl halides is 2. The Morgan fingerprint density at radius 2 is 1.89 bits per heavy atom. The van der Waals surface area contributed by atoms with Gasteiger partial charge in [-0.1, -0.05) is 0 Å². The molecular formula is C11H17F2NO4. The number of carbonyl (C=O) groups is 2. The number of aliphatic hydroxyl groups excluding tert-OH is 1. The summed E-state index contributed by atoms with van der Waals surface area (Å²) in [6, 6.07) is 0. The van der Waals surface area contributed by atoms with Crippen molar-refractivity contribution in [3.8, 4) is 0 Å². The smallest absolute Gasteiger partial charge is 0.306 e. The van der Waals surface area contributed by atoms with Gasteiger partial charge in [-0.15, -0.1) is 0 Å². The highest BCUT2D eigenvalue weighted by atomic mass is 19.3. The second kappa shape index (κ2) is 6.63. The Labute approximate surface area is 103 Å². The first kappa shape index (κ1) is 14.8. The minimum Gasteiger partial charge on any atom is -0.481 e. The molecule has 0 bridgehead atoms. The first-order chi connectivity index (χ1) is 8.45. The summed E-state index contributed by atoms with van der Waals surface area (Å²) in [5.74, 6) is -2.51. The van der Waals surface area contributed by atoms with E-state index >= 15 is 0 Å². The highest BCUT2D eigenvalue weighted by molar-refractivity contribution is 5.81. The second-order valence-electron chi connectivity index (χ2n) is 4.44. The van der Waals surface area contributed by atoms with Crippen LogP contribution in [0.4, 0.5) is 8.78 Å². The number of carboxylic acids is 1. The number of carboxylic acid groups (broad SMARTS) is 1. The first-order valence-corrected chi connectivity index (χ1v) is 5.86. The van der Waals surface area contributed by atoms with Crippen LogP contribution in [-0.2, 0) is 9.59 Å². The maximum atomic E-state index is 12.3. The molecule has 104 valence electrons. The van der Waals surface area contributed by atoms with Gasteiger partial charge in [0.2, 0.25) is 5.91 Å². The lowest BCUT2D eigenvalue weighted by Gasteiger charge is -2.24. The predicted octanol–water partition coefficient (Wildman–Crippen LogP) is 0.573. The van der Waals surface area contributed by atoms with Crippen molar-refractivity contribution in [2.24, 2.45) is 11.8 Å². The van der Waals surface area contributed by atoms with Gasteiger partial charge in [0.25, 0.3) is 6.43 Å². The van der Waals surface area contributed by atoms with Gasteiger partial charge < -0.3 is 15.1 Å². The number of carbonyl (C=O) groups excluding carboxylic acids is 1. The van der Waals surface area contributed by atoms with E-state index in [0.29, 0.717) is 12.8 Å². The van der Waals surface area contributed by atoms with E-state index in [4.69, 9.17) is 10.2 Å². The Morgan fingerprint density at radius 1 is 1.28 bits per heavy atom. The van der Waals surface area contributed by atoms with Crippen LogP contribution in [0.1, 0.15) is 19.3 Å². The molecule has 0 aliphatic heterocycles. The highest BCUT2D eigenvalue weighted by Crippen LogP contribution is 2.32. The van der Waals surface area contributed by atoms with Gasteiger partial charge in [0, 0.05) is 12.5 Å². The number of nitrogens with zero attached hydrogens (tertiary/aromatic N) is 1. The first-order valence-electron chi connectivity index (χ1n) is 5.86. The van der Waals surface area contributed by atoms with Crippen molar-refractivity contribution in [3.05, 3.63) is 0 Å². The zero-order chi connectivity index (χ0) is 13.7. The van der Waals surface area contributed by atoms with Crippen LogP contribution in [0.3, 0.4) is 0 Å². The number of hydrogen-bond donors (Lipinski definition) is 2. The van der Waals surface area contributed by atoms with Crippen LogP contribution < -0.4 is 0 Å². The number of aliphatic hydroxyl groups is 1. The standard InChI is InChI=1S/C11H17F2NO4/c12-9(13)6-14(3-4-15)10(16)7-1-2-8(5-7)11(17)18/h7-9,15H,1-6H2,(H,17,18)/t7-,8+/m1/s1. The van der Waals surface area contributed by atoms with Crippen molar-refractivity contribution in [1.82, 2.24) is 4.90 Å². The molecule has 5 nitrogen and oxygen atoms in total. The Kier molecular flexibility index (Phi) is 5.46. The third-order valence-electron chi connectivity index (χ3n) is 3.17. The van der Waals surface area contributed by atoms with E-state index in [1.807, 2.05) is 0 Å². The zero-order valence-corrected chi connectivity index (χ0v) is 9.89. The van der Waals surface area contributed by atoms with Gasteiger partial charge in [0.15, 0.2) is 0 Å². The molecule has 0 aromatic carbocycles. The Bertz CT molecular complexity index is 311. The summed E-state index contributed by atoms with van der Waals surface area (Å²) in [4.78, 5) is 23.6. The van der Waals surface area contributed by atoms with Gasteiger partial charge in [-0.05, 0) is 19.3 Å². The Morgan fingerprint density at radius 3 is 2.33 bits per heavy atom. The molecule has 0 aromatic heterocycles. The van der Waals surface area contributed by atoms with E-state index < -0.39 is 36.7 Å². The number of halogens is 2. The van der Waals surface area contributed by atoms with Crippen molar-refractivity contribution in [2.45, 2.75) is 25.7 Å². The van der Waals surface area contributed by atoms with Crippen molar-refractivity contribution < 1.29 is 28.6 Å². The average molecular weight is 265 g/mol. The van der Waals surface area contributed by atoms with Crippen LogP contribution in [0.5, 0.6) is 0 Å². The van der Waals surface area contributed by atoms with Gasteiger partial charge >= 0.3 is 5.97 Å². The van der Waals surface area contributed by atoms with Crippen LogP contribution in [-0.4, -0.2) is 53.1 Å². The molecule has 1 fully saturated rings. The Balaban J connectivity index is 2.58. The molecule has 1 amide bonds. The largest absolute Gasteiger partial charge is 0.481 e. The summed E-state index contributed by atoms with van der Waals surface area (Å²) < 4.78 is 24.6. The molecule has 0 spiro atoms. The number of rotatable bonds is 6. The van der Waals surface area contributed by atoms with Crippen LogP contribution >= 0.6 is 0 Å². The highest BCUT2D eigenvalue weighted by Gasteiger charge is 2.36. The molecule has 7 heteroatoms. The monoisotopic (exact) mass is 265 g/mol. The lowest BCUT2D eigenvalue weighted by molar-refractivity contribution is -0.142. The molecule has 0 heterocycles. The molecule has 1 saturated carbocycles. The average Bonchev–Trinajstić information content (AvgIpc) is 2.76. The number of amides is 1. The lowest BCUT2D eigenvalue weighted by atomic mass is 10.0. The van der Waals surface area contributed by atoms with Gasteiger partial charge in [-0.25, -0.2) is 8.78 Å². The van der Waals surface area contributed by atoms with E-state index in [1.54, 1.807) is 0 Å². The second-order valence-corrected chi connectivity index (χ2v) is 4.44. The third kappa shape index (κ3) is 3.90. The van der Waals surface area contributed by atoms with E-state index in [0.717, 1.165) is 4.90 Å². The van der Waals surface area contributed by atoms with Gasteiger partial charge in [-0.2, -0.15) is 0 Å². The van der Waals surface area contributed by atoms with Gasteiger partial charge in [0.05, 0.1) is 19.1 Å². The molecule has 0 radical (unpaired) electrons. The molecule has 1 aliphatic carbocycles. The van der Waals surface area contributed by atoms with Crippen molar-refractivity contribution in [2.75, 3.05) is 19.7 Å². The molecule has 18 heavy (non-hydrogen) atoms. The lowest BCUT2D eigenvalue weighted by Crippen LogP contribution is -2.40. The maximum Gasteiger partial charge on any atom is 0.306 e. The molecule has 0 saturated heterocycles. The molecule has 1 rings (SSSR count). The fraction of sp³-hybridized carbons (Fsp3) is 0.818. The quantitative estimate of drug-likeness (QED) is 0.736. The summed E-state index contributed by atoms with van der Waals surface area (Å²) in [6.45, 7) is -1.24. The fourth-order valence-corrected chi connectivity index (χ4v) is 2.27. The zero-order valence-electron chi connectivity index (χ0n) is 9.89.